The number of nitrogens with one attached hydrogen (secondary N) is 1. The van der Waals surface area contributed by atoms with Gasteiger partial charge in [-0.05, 0) is 50.5 Å². The van der Waals surface area contributed by atoms with E-state index in [9.17, 15) is 13.5 Å². The van der Waals surface area contributed by atoms with Crippen molar-refractivity contribution in [1.29, 1.82) is 0 Å². The second-order valence-electron chi connectivity index (χ2n) is 5.07. The first-order chi connectivity index (χ1) is 9.63. The lowest BCUT2D eigenvalue weighted by atomic mass is 10.2. The molecule has 1 aliphatic heterocycles. The predicted octanol–water partition coefficient (Wildman–Crippen LogP) is 0.943. The molecule has 0 aliphatic carbocycles. The van der Waals surface area contributed by atoms with Crippen molar-refractivity contribution >= 4 is 10.0 Å². The SMILES string of the molecule is O=S(=O)(NCCCN1CCCC1)c1ccccc1CO. The molecule has 0 saturated carbocycles. The summed E-state index contributed by atoms with van der Waals surface area (Å²) in [6, 6.07) is 6.53. The highest BCUT2D eigenvalue weighted by molar-refractivity contribution is 7.89. The fourth-order valence-electron chi connectivity index (χ4n) is 2.49. The molecule has 1 aromatic carbocycles. The first-order valence-electron chi connectivity index (χ1n) is 7.04. The van der Waals surface area contributed by atoms with Crippen LogP contribution in [0.3, 0.4) is 0 Å². The zero-order valence-electron chi connectivity index (χ0n) is 11.6. The molecule has 1 aliphatic rings. The number of aliphatic hydroxyl groups is 1. The molecule has 6 heteroatoms. The maximum atomic E-state index is 12.2. The molecular formula is C14H22N2O3S. The van der Waals surface area contributed by atoms with Gasteiger partial charge in [0.15, 0.2) is 0 Å². The summed E-state index contributed by atoms with van der Waals surface area (Å²) < 4.78 is 27.0. The van der Waals surface area contributed by atoms with Gasteiger partial charge in [-0.15, -0.1) is 0 Å². The van der Waals surface area contributed by atoms with E-state index in [1.165, 1.54) is 18.9 Å². The third-order valence-electron chi connectivity index (χ3n) is 3.57. The fourth-order valence-corrected chi connectivity index (χ4v) is 3.79. The Morgan fingerprint density at radius 2 is 1.90 bits per heavy atom. The molecule has 1 fully saturated rings. The van der Waals surface area contributed by atoms with E-state index in [4.69, 9.17) is 0 Å². The maximum absolute atomic E-state index is 12.2. The lowest BCUT2D eigenvalue weighted by Crippen LogP contribution is -2.29. The van der Waals surface area contributed by atoms with Crippen LogP contribution < -0.4 is 4.72 Å². The summed E-state index contributed by atoms with van der Waals surface area (Å²) in [7, 11) is -3.53. The van der Waals surface area contributed by atoms with Gasteiger partial charge in [-0.3, -0.25) is 0 Å². The molecule has 0 bridgehead atoms. The van der Waals surface area contributed by atoms with Gasteiger partial charge in [0.25, 0.3) is 0 Å². The standard InChI is InChI=1S/C14H22N2O3S/c17-12-13-6-1-2-7-14(13)20(18,19)15-8-5-11-16-9-3-4-10-16/h1-2,6-7,15,17H,3-5,8-12H2. The van der Waals surface area contributed by atoms with Gasteiger partial charge in [-0.1, -0.05) is 18.2 Å². The van der Waals surface area contributed by atoms with Gasteiger partial charge in [0.1, 0.15) is 0 Å². The van der Waals surface area contributed by atoms with E-state index >= 15 is 0 Å². The number of sulfonamides is 1. The van der Waals surface area contributed by atoms with Gasteiger partial charge in [0, 0.05) is 6.54 Å². The Labute approximate surface area is 120 Å². The number of hydrogen-bond acceptors (Lipinski definition) is 4. The van der Waals surface area contributed by atoms with Crippen LogP contribution in [0.2, 0.25) is 0 Å². The number of aliphatic hydroxyl groups excluding tert-OH is 1. The van der Waals surface area contributed by atoms with E-state index in [-0.39, 0.29) is 11.5 Å². The number of benzene rings is 1. The summed E-state index contributed by atoms with van der Waals surface area (Å²) in [6.45, 7) is 3.34. The lowest BCUT2D eigenvalue weighted by Gasteiger charge is -2.15. The van der Waals surface area contributed by atoms with Crippen LogP contribution >= 0.6 is 0 Å². The molecule has 112 valence electrons. The first-order valence-corrected chi connectivity index (χ1v) is 8.52. The van der Waals surface area contributed by atoms with Gasteiger partial charge < -0.3 is 10.0 Å². The van der Waals surface area contributed by atoms with E-state index in [0.717, 1.165) is 26.1 Å². The average molecular weight is 298 g/mol. The zero-order chi connectivity index (χ0) is 14.4. The normalized spacial score (nSPS) is 16.6. The molecular weight excluding hydrogens is 276 g/mol. The highest BCUT2D eigenvalue weighted by atomic mass is 32.2. The van der Waals surface area contributed by atoms with Crippen molar-refractivity contribution in [2.24, 2.45) is 0 Å². The van der Waals surface area contributed by atoms with Gasteiger partial charge in [-0.2, -0.15) is 0 Å². The summed E-state index contributed by atoms with van der Waals surface area (Å²) in [5.74, 6) is 0. The van der Waals surface area contributed by atoms with Crippen LogP contribution in [-0.4, -0.2) is 44.6 Å². The molecule has 5 nitrogen and oxygen atoms in total. The molecule has 0 radical (unpaired) electrons. The van der Waals surface area contributed by atoms with Crippen molar-refractivity contribution in [3.63, 3.8) is 0 Å². The second kappa shape index (κ2) is 7.17. The van der Waals surface area contributed by atoms with E-state index < -0.39 is 10.0 Å². The minimum absolute atomic E-state index is 0.170. The van der Waals surface area contributed by atoms with Gasteiger partial charge in [-0.25, -0.2) is 13.1 Å². The topological polar surface area (TPSA) is 69.6 Å². The minimum atomic E-state index is -3.53. The van der Waals surface area contributed by atoms with Crippen molar-refractivity contribution in [3.8, 4) is 0 Å². The van der Waals surface area contributed by atoms with Crippen molar-refractivity contribution in [1.82, 2.24) is 9.62 Å². The van der Waals surface area contributed by atoms with Crippen LogP contribution in [0.1, 0.15) is 24.8 Å². The minimum Gasteiger partial charge on any atom is -0.392 e. The van der Waals surface area contributed by atoms with Crippen LogP contribution in [-0.2, 0) is 16.6 Å². The Kier molecular flexibility index (Phi) is 5.54. The predicted molar refractivity (Wildman–Crippen MR) is 77.8 cm³/mol. The number of nitrogens with zero attached hydrogens (tertiary/aromatic N) is 1. The first kappa shape index (κ1) is 15.4. The van der Waals surface area contributed by atoms with Crippen LogP contribution in [0.5, 0.6) is 0 Å². The Hall–Kier alpha value is -0.950. The lowest BCUT2D eigenvalue weighted by molar-refractivity contribution is 0.278. The molecule has 0 atom stereocenters. The Morgan fingerprint density at radius 3 is 2.60 bits per heavy atom. The van der Waals surface area contributed by atoms with Gasteiger partial charge >= 0.3 is 0 Å². The molecule has 1 aromatic rings. The summed E-state index contributed by atoms with van der Waals surface area (Å²) >= 11 is 0. The quantitative estimate of drug-likeness (QED) is 0.735. The van der Waals surface area contributed by atoms with Crippen molar-refractivity contribution in [3.05, 3.63) is 29.8 Å². The van der Waals surface area contributed by atoms with Crippen molar-refractivity contribution in [2.45, 2.75) is 30.8 Å². The van der Waals surface area contributed by atoms with Crippen LogP contribution in [0.4, 0.5) is 0 Å². The summed E-state index contributed by atoms with van der Waals surface area (Å²) in [6.07, 6.45) is 3.30. The second-order valence-corrected chi connectivity index (χ2v) is 6.80. The number of rotatable bonds is 7. The molecule has 0 amide bonds. The number of hydrogen-bond donors (Lipinski definition) is 2. The highest BCUT2D eigenvalue weighted by Gasteiger charge is 2.17. The van der Waals surface area contributed by atoms with Crippen LogP contribution in [0.25, 0.3) is 0 Å². The maximum Gasteiger partial charge on any atom is 0.240 e. The Morgan fingerprint density at radius 1 is 1.20 bits per heavy atom. The third kappa shape index (κ3) is 4.02. The highest BCUT2D eigenvalue weighted by Crippen LogP contribution is 2.15. The molecule has 0 aromatic heterocycles. The number of likely N-dealkylation sites (tertiary alicyclic amines) is 1. The summed E-state index contributed by atoms with van der Waals surface area (Å²) in [5, 5.41) is 9.20. The van der Waals surface area contributed by atoms with E-state index in [1.54, 1.807) is 18.2 Å². The summed E-state index contributed by atoms with van der Waals surface area (Å²) in [4.78, 5) is 2.53. The van der Waals surface area contributed by atoms with Crippen LogP contribution in [0, 0.1) is 0 Å². The third-order valence-corrected chi connectivity index (χ3v) is 5.14. The van der Waals surface area contributed by atoms with Crippen molar-refractivity contribution < 1.29 is 13.5 Å². The van der Waals surface area contributed by atoms with E-state index in [2.05, 4.69) is 9.62 Å². The summed E-state index contributed by atoms with van der Waals surface area (Å²) in [5.41, 5.74) is 0.430. The molecule has 1 saturated heterocycles. The average Bonchev–Trinajstić information content (AvgIpc) is 2.97. The van der Waals surface area contributed by atoms with Crippen LogP contribution in [0.15, 0.2) is 29.2 Å². The monoisotopic (exact) mass is 298 g/mol. The molecule has 1 heterocycles. The Balaban J connectivity index is 1.87. The molecule has 2 N–H and O–H groups in total. The molecule has 0 spiro atoms. The molecule has 2 rings (SSSR count). The smallest absolute Gasteiger partial charge is 0.240 e. The Bertz CT molecular complexity index is 525. The van der Waals surface area contributed by atoms with E-state index in [1.807, 2.05) is 0 Å². The zero-order valence-corrected chi connectivity index (χ0v) is 12.4. The largest absolute Gasteiger partial charge is 0.392 e. The van der Waals surface area contributed by atoms with Gasteiger partial charge in [0.2, 0.25) is 10.0 Å². The van der Waals surface area contributed by atoms with Gasteiger partial charge in [0.05, 0.1) is 11.5 Å². The van der Waals surface area contributed by atoms with Crippen molar-refractivity contribution in [2.75, 3.05) is 26.2 Å². The molecule has 0 unspecified atom stereocenters. The fraction of sp³-hybridized carbons (Fsp3) is 0.571. The molecule has 20 heavy (non-hydrogen) atoms. The van der Waals surface area contributed by atoms with E-state index in [0.29, 0.717) is 12.1 Å².